The second kappa shape index (κ2) is 9.82. The Labute approximate surface area is 186 Å². The third-order valence-corrected chi connectivity index (χ3v) is 8.25. The zero-order valence-electron chi connectivity index (χ0n) is 17.5. The van der Waals surface area contributed by atoms with Crippen molar-refractivity contribution in [2.75, 3.05) is 12.3 Å². The number of hydrogen-bond acceptors (Lipinski definition) is 7. The highest BCUT2D eigenvalue weighted by atomic mass is 32.2. The van der Waals surface area contributed by atoms with E-state index in [9.17, 15) is 22.8 Å². The number of benzene rings is 1. The van der Waals surface area contributed by atoms with Gasteiger partial charge in [0, 0.05) is 35.9 Å². The fourth-order valence-corrected chi connectivity index (χ4v) is 6.40. The predicted octanol–water partition coefficient (Wildman–Crippen LogP) is 2.25. The minimum absolute atomic E-state index is 0.167. The lowest BCUT2D eigenvalue weighted by molar-refractivity contribution is -0.141. The predicted molar refractivity (Wildman–Crippen MR) is 117 cm³/mol. The van der Waals surface area contributed by atoms with Crippen molar-refractivity contribution >= 4 is 38.8 Å². The van der Waals surface area contributed by atoms with Crippen LogP contribution < -0.4 is 5.32 Å². The highest BCUT2D eigenvalue weighted by Gasteiger charge is 2.35. The fraction of sp³-hybridized carbons (Fsp3) is 0.455. The van der Waals surface area contributed by atoms with Crippen LogP contribution in [0, 0.1) is 17.8 Å². The molecule has 2 atom stereocenters. The number of sulfone groups is 1. The van der Waals surface area contributed by atoms with Gasteiger partial charge in [0.05, 0.1) is 10.6 Å². The molecule has 1 aliphatic rings. The summed E-state index contributed by atoms with van der Waals surface area (Å²) in [5.74, 6) is -3.80. The number of ketones is 2. The Morgan fingerprint density at radius 2 is 1.94 bits per heavy atom. The Morgan fingerprint density at radius 3 is 2.61 bits per heavy atom. The van der Waals surface area contributed by atoms with Crippen LogP contribution in [0.5, 0.6) is 0 Å². The quantitative estimate of drug-likeness (QED) is 0.632. The highest BCUT2D eigenvalue weighted by Crippen LogP contribution is 2.27. The number of nitrogens with one attached hydrogen (secondary N) is 1. The molecule has 3 rings (SSSR count). The summed E-state index contributed by atoms with van der Waals surface area (Å²) in [6.45, 7) is 3.92. The summed E-state index contributed by atoms with van der Waals surface area (Å²) in [6, 6.07) is 8.02. The van der Waals surface area contributed by atoms with Crippen LogP contribution in [-0.2, 0) is 37.1 Å². The number of aromatic nitrogens is 1. The molecule has 0 aliphatic carbocycles. The molecule has 31 heavy (non-hydrogen) atoms. The second-order valence-electron chi connectivity index (χ2n) is 8.16. The Hall–Kier alpha value is -2.39. The van der Waals surface area contributed by atoms with Gasteiger partial charge in [-0.3, -0.25) is 14.4 Å². The first kappa shape index (κ1) is 23.3. The summed E-state index contributed by atoms with van der Waals surface area (Å²) in [6.07, 6.45) is 2.39. The van der Waals surface area contributed by atoms with Crippen LogP contribution in [-0.4, -0.2) is 42.6 Å². The van der Waals surface area contributed by atoms with Crippen LogP contribution in [0.3, 0.4) is 0 Å². The van der Waals surface area contributed by atoms with E-state index in [0.29, 0.717) is 13.0 Å². The number of fused-ring (bicyclic) bond motifs is 1. The Kier molecular flexibility index (Phi) is 7.38. The molecule has 1 amide bonds. The Morgan fingerprint density at radius 1 is 1.23 bits per heavy atom. The van der Waals surface area contributed by atoms with Gasteiger partial charge in [-0.25, -0.2) is 12.8 Å². The lowest BCUT2D eigenvalue weighted by atomic mass is 9.84. The lowest BCUT2D eigenvalue weighted by Gasteiger charge is -2.22. The SMILES string of the molecule is CC(C)C(CS(=O)(=O)c1ccccc1)C(=O)CC1Cc2sncc2CCNC(=O)C1=O. The number of amides is 1. The van der Waals surface area contributed by atoms with Gasteiger partial charge in [0.1, 0.15) is 5.78 Å². The molecule has 9 heteroatoms. The van der Waals surface area contributed by atoms with Crippen molar-refractivity contribution in [3.8, 4) is 0 Å². The van der Waals surface area contributed by atoms with E-state index < -0.39 is 33.4 Å². The molecular formula is C22H26N2O5S2. The number of nitrogens with zero attached hydrogens (tertiary/aromatic N) is 1. The molecular weight excluding hydrogens is 436 g/mol. The van der Waals surface area contributed by atoms with Crippen LogP contribution in [0.4, 0.5) is 0 Å². The van der Waals surface area contributed by atoms with Crippen molar-refractivity contribution in [1.29, 1.82) is 0 Å². The maximum Gasteiger partial charge on any atom is 0.287 e. The number of carbonyl (C=O) groups is 3. The van der Waals surface area contributed by atoms with E-state index in [-0.39, 0.29) is 35.2 Å². The Balaban J connectivity index is 1.82. The molecule has 0 fully saturated rings. The van der Waals surface area contributed by atoms with Crippen LogP contribution in [0.2, 0.25) is 0 Å². The second-order valence-corrected chi connectivity index (χ2v) is 11.1. The maximum absolute atomic E-state index is 13.2. The van der Waals surface area contributed by atoms with Crippen molar-refractivity contribution in [1.82, 2.24) is 9.69 Å². The average Bonchev–Trinajstić information content (AvgIpc) is 3.18. The molecule has 7 nitrogen and oxygen atoms in total. The molecule has 2 unspecified atom stereocenters. The number of rotatable bonds is 7. The summed E-state index contributed by atoms with van der Waals surface area (Å²) in [7, 11) is -3.67. The molecule has 0 saturated carbocycles. The third kappa shape index (κ3) is 5.65. The average molecular weight is 463 g/mol. The molecule has 2 aromatic rings. The zero-order valence-corrected chi connectivity index (χ0v) is 19.2. The number of hydrogen-bond donors (Lipinski definition) is 1. The van der Waals surface area contributed by atoms with Crippen molar-refractivity contribution in [3.05, 3.63) is 47.0 Å². The zero-order chi connectivity index (χ0) is 22.6. The summed E-state index contributed by atoms with van der Waals surface area (Å²) in [5.41, 5.74) is 0.963. The monoisotopic (exact) mass is 462 g/mol. The van der Waals surface area contributed by atoms with E-state index in [4.69, 9.17) is 0 Å². The van der Waals surface area contributed by atoms with E-state index in [0.717, 1.165) is 10.4 Å². The molecule has 0 radical (unpaired) electrons. The third-order valence-electron chi connectivity index (χ3n) is 5.60. The minimum Gasteiger partial charge on any atom is -0.349 e. The van der Waals surface area contributed by atoms with Gasteiger partial charge in [0.25, 0.3) is 5.91 Å². The summed E-state index contributed by atoms with van der Waals surface area (Å²) in [5, 5.41) is 2.60. The molecule has 1 aromatic carbocycles. The minimum atomic E-state index is -3.67. The molecule has 2 heterocycles. The van der Waals surface area contributed by atoms with Gasteiger partial charge in [-0.05, 0) is 48.0 Å². The molecule has 1 aliphatic heterocycles. The van der Waals surface area contributed by atoms with Gasteiger partial charge in [0.15, 0.2) is 9.84 Å². The summed E-state index contributed by atoms with van der Waals surface area (Å²) >= 11 is 1.26. The van der Waals surface area contributed by atoms with Gasteiger partial charge >= 0.3 is 0 Å². The largest absolute Gasteiger partial charge is 0.349 e. The standard InChI is InChI=1S/C22H26N2O5S2/c1-14(2)18(13-31(28,29)17-6-4-3-5-7-17)19(25)10-16-11-20-15(12-24-30-20)8-9-23-22(27)21(16)26/h3-7,12,14,16,18H,8-11,13H2,1-2H3,(H,23,27). The van der Waals surface area contributed by atoms with Crippen molar-refractivity contribution in [3.63, 3.8) is 0 Å². The summed E-state index contributed by atoms with van der Waals surface area (Å²) < 4.78 is 29.9. The molecule has 1 aromatic heterocycles. The van der Waals surface area contributed by atoms with E-state index in [2.05, 4.69) is 9.69 Å². The van der Waals surface area contributed by atoms with Gasteiger partial charge < -0.3 is 5.32 Å². The van der Waals surface area contributed by atoms with E-state index in [1.807, 2.05) is 0 Å². The highest BCUT2D eigenvalue weighted by molar-refractivity contribution is 7.91. The molecule has 1 N–H and O–H groups in total. The van der Waals surface area contributed by atoms with E-state index in [1.165, 1.54) is 23.7 Å². The maximum atomic E-state index is 13.2. The van der Waals surface area contributed by atoms with Crippen LogP contribution in [0.25, 0.3) is 0 Å². The molecule has 0 spiro atoms. The number of Topliss-reactive ketones (excluding diaryl/α,β-unsaturated/α-hetero) is 2. The van der Waals surface area contributed by atoms with Gasteiger partial charge in [-0.1, -0.05) is 32.0 Å². The van der Waals surface area contributed by atoms with Crippen LogP contribution >= 0.6 is 11.5 Å². The molecule has 166 valence electrons. The van der Waals surface area contributed by atoms with Crippen LogP contribution in [0.1, 0.15) is 30.7 Å². The smallest absolute Gasteiger partial charge is 0.287 e. The van der Waals surface area contributed by atoms with Gasteiger partial charge in [0.2, 0.25) is 5.78 Å². The molecule has 0 saturated heterocycles. The molecule has 0 bridgehead atoms. The van der Waals surface area contributed by atoms with Gasteiger partial charge in [-0.2, -0.15) is 0 Å². The number of carbonyl (C=O) groups excluding carboxylic acids is 3. The van der Waals surface area contributed by atoms with Crippen molar-refractivity contribution < 1.29 is 22.8 Å². The van der Waals surface area contributed by atoms with E-state index >= 15 is 0 Å². The summed E-state index contributed by atoms with van der Waals surface area (Å²) in [4.78, 5) is 39.2. The van der Waals surface area contributed by atoms with Crippen molar-refractivity contribution in [2.45, 2.75) is 38.0 Å². The first-order chi connectivity index (χ1) is 14.7. The van der Waals surface area contributed by atoms with Crippen molar-refractivity contribution in [2.24, 2.45) is 17.8 Å². The van der Waals surface area contributed by atoms with E-state index in [1.54, 1.807) is 38.2 Å². The fourth-order valence-electron chi connectivity index (χ4n) is 3.73. The van der Waals surface area contributed by atoms with Gasteiger partial charge in [-0.15, -0.1) is 0 Å². The first-order valence-corrected chi connectivity index (χ1v) is 12.7. The normalized spacial score (nSPS) is 18.5. The first-order valence-electron chi connectivity index (χ1n) is 10.2. The lowest BCUT2D eigenvalue weighted by Crippen LogP contribution is -2.38. The van der Waals surface area contributed by atoms with Crippen LogP contribution in [0.15, 0.2) is 41.4 Å². The topological polar surface area (TPSA) is 110 Å². The Bertz CT molecular complexity index is 1060.